The number of carbonyl (C=O) groups is 1. The molecular weight excluding hydrogens is 369 g/mol. The second-order valence-corrected chi connectivity index (χ2v) is 5.62. The molecule has 3 aromatic rings. The van der Waals surface area contributed by atoms with Crippen molar-refractivity contribution in [3.63, 3.8) is 0 Å². The molecule has 138 valence electrons. The Morgan fingerprint density at radius 3 is 2.58 bits per heavy atom. The summed E-state index contributed by atoms with van der Waals surface area (Å²) in [5, 5.41) is 15.0. The molecule has 8 heteroatoms. The van der Waals surface area contributed by atoms with Crippen LogP contribution in [0.2, 0.25) is 0 Å². The average Bonchev–Trinajstić information content (AvgIpc) is 2.98. The molecule has 2 N–H and O–H groups in total. The highest BCUT2D eigenvalue weighted by Gasteiger charge is 2.30. The van der Waals surface area contributed by atoms with Crippen LogP contribution in [0.3, 0.4) is 0 Å². The minimum atomic E-state index is -4.44. The lowest BCUT2D eigenvalue weighted by molar-refractivity contribution is -0.309. The molecule has 0 saturated heterocycles. The predicted octanol–water partition coefficient (Wildman–Crippen LogP) is 3.19. The summed E-state index contributed by atoms with van der Waals surface area (Å²) in [7, 11) is 0. The van der Waals surface area contributed by atoms with Crippen molar-refractivity contribution in [2.75, 3.05) is 0 Å². The predicted molar refractivity (Wildman–Crippen MR) is 91.6 cm³/mol. The van der Waals surface area contributed by atoms with E-state index in [1.165, 1.54) is 12.1 Å². The fourth-order valence-electron chi connectivity index (χ4n) is 2.73. The first kappa shape index (κ1) is 19.8. The molecule has 0 aliphatic heterocycles. The maximum Gasteiger partial charge on any atom is 0.416 e. The number of aliphatic carboxylic acids is 1. The topological polar surface area (TPSA) is 67.9 Å². The van der Waals surface area contributed by atoms with Crippen molar-refractivity contribution in [1.29, 1.82) is 0 Å². The smallest absolute Gasteiger partial charge is 0.416 e. The molecule has 0 aliphatic carbocycles. The highest BCUT2D eigenvalue weighted by molar-refractivity contribution is 5.88. The van der Waals surface area contributed by atoms with Gasteiger partial charge in [0.05, 0.1) is 17.6 Å². The van der Waals surface area contributed by atoms with Crippen molar-refractivity contribution in [1.82, 2.24) is 10.3 Å². The Hall–Kier alpha value is -2.51. The van der Waals surface area contributed by atoms with Crippen LogP contribution in [0.25, 0.3) is 10.9 Å². The summed E-state index contributed by atoms with van der Waals surface area (Å²) in [5.74, 6) is -1.35. The molecule has 0 radical (unpaired) electrons. The number of hydrogen-bond donors (Lipinski definition) is 2. The van der Waals surface area contributed by atoms with Crippen LogP contribution >= 0.6 is 12.4 Å². The Labute approximate surface area is 153 Å². The third-order valence-corrected chi connectivity index (χ3v) is 3.93. The third-order valence-electron chi connectivity index (χ3n) is 3.93. The normalized spacial score (nSPS) is 12.6. The van der Waals surface area contributed by atoms with Crippen LogP contribution < -0.4 is 10.4 Å². The summed E-state index contributed by atoms with van der Waals surface area (Å²) in [6.07, 6.45) is -2.88. The van der Waals surface area contributed by atoms with Gasteiger partial charge in [0.25, 0.3) is 0 Å². The fraction of sp³-hybridized carbons (Fsp3) is 0.167. The summed E-state index contributed by atoms with van der Waals surface area (Å²) in [6, 6.07) is 10.8. The van der Waals surface area contributed by atoms with E-state index in [2.05, 4.69) is 10.3 Å². The molecule has 1 unspecified atom stereocenters. The lowest BCUT2D eigenvalue weighted by Crippen LogP contribution is -2.38. The zero-order valence-electron chi connectivity index (χ0n) is 13.3. The van der Waals surface area contributed by atoms with Gasteiger partial charge in [-0.15, -0.1) is 12.4 Å². The van der Waals surface area contributed by atoms with E-state index in [-0.39, 0.29) is 19.0 Å². The van der Waals surface area contributed by atoms with E-state index in [0.717, 1.165) is 17.6 Å². The van der Waals surface area contributed by atoms with Crippen molar-refractivity contribution in [2.45, 2.75) is 18.8 Å². The van der Waals surface area contributed by atoms with E-state index in [1.54, 1.807) is 24.4 Å². The molecule has 0 saturated carbocycles. The Balaban J connectivity index is 0.00000243. The van der Waals surface area contributed by atoms with Crippen LogP contribution in [-0.4, -0.2) is 11.0 Å². The van der Waals surface area contributed by atoms with E-state index in [1.807, 2.05) is 6.07 Å². The summed E-state index contributed by atoms with van der Waals surface area (Å²) in [5.41, 5.74) is 0.803. The van der Waals surface area contributed by atoms with Gasteiger partial charge in [-0.1, -0.05) is 36.4 Å². The van der Waals surface area contributed by atoms with Gasteiger partial charge in [0, 0.05) is 29.2 Å². The zero-order chi connectivity index (χ0) is 18.0. The van der Waals surface area contributed by atoms with Crippen molar-refractivity contribution in [3.05, 3.63) is 71.4 Å². The monoisotopic (exact) mass is 383 g/mol. The van der Waals surface area contributed by atoms with Gasteiger partial charge >= 0.3 is 6.18 Å². The number of para-hydroxylation sites is 1. The van der Waals surface area contributed by atoms with Gasteiger partial charge in [0.1, 0.15) is 0 Å². The van der Waals surface area contributed by atoms with Crippen LogP contribution in [0.15, 0.2) is 54.7 Å². The summed E-state index contributed by atoms with van der Waals surface area (Å²) >= 11 is 0. The first-order chi connectivity index (χ1) is 11.9. The minimum absolute atomic E-state index is 0. The molecule has 1 aromatic heterocycles. The van der Waals surface area contributed by atoms with Crippen LogP contribution in [-0.2, 0) is 17.5 Å². The first-order valence-corrected chi connectivity index (χ1v) is 7.52. The maximum absolute atomic E-state index is 12.8. The molecule has 0 aliphatic rings. The maximum atomic E-state index is 12.8. The van der Waals surface area contributed by atoms with Gasteiger partial charge in [-0.3, -0.25) is 0 Å². The number of halogens is 4. The Kier molecular flexibility index (Phi) is 5.94. The molecule has 3 rings (SSSR count). The fourth-order valence-corrected chi connectivity index (χ4v) is 2.73. The Bertz CT molecular complexity index is 909. The SMILES string of the molecule is Cl.O=C([O-])C(NCc1cccc(C(F)(F)F)c1)c1c[nH]c2ccccc12. The van der Waals surface area contributed by atoms with Crippen molar-refractivity contribution in [3.8, 4) is 0 Å². The van der Waals surface area contributed by atoms with E-state index < -0.39 is 23.8 Å². The summed E-state index contributed by atoms with van der Waals surface area (Å²) in [4.78, 5) is 14.5. The van der Waals surface area contributed by atoms with E-state index in [0.29, 0.717) is 16.5 Å². The van der Waals surface area contributed by atoms with E-state index in [9.17, 15) is 23.1 Å². The van der Waals surface area contributed by atoms with E-state index >= 15 is 0 Å². The van der Waals surface area contributed by atoms with Gasteiger partial charge < -0.3 is 20.2 Å². The number of carboxylic acids is 1. The largest absolute Gasteiger partial charge is 0.548 e. The zero-order valence-corrected chi connectivity index (χ0v) is 14.2. The lowest BCUT2D eigenvalue weighted by Gasteiger charge is -2.20. The molecule has 0 amide bonds. The highest BCUT2D eigenvalue weighted by atomic mass is 35.5. The number of carbonyl (C=O) groups excluding carboxylic acids is 1. The number of aromatic amines is 1. The number of carboxylic acid groups (broad SMARTS) is 1. The molecule has 0 spiro atoms. The molecule has 4 nitrogen and oxygen atoms in total. The summed E-state index contributed by atoms with van der Waals surface area (Å²) in [6.45, 7) is -0.0396. The molecule has 1 heterocycles. The molecule has 0 fully saturated rings. The quantitative estimate of drug-likeness (QED) is 0.711. The number of aromatic nitrogens is 1. The first-order valence-electron chi connectivity index (χ1n) is 7.52. The molecule has 26 heavy (non-hydrogen) atoms. The number of rotatable bonds is 5. The summed E-state index contributed by atoms with van der Waals surface area (Å²) < 4.78 is 38.3. The van der Waals surface area contributed by atoms with Gasteiger partial charge in [0.15, 0.2) is 0 Å². The van der Waals surface area contributed by atoms with Crippen LogP contribution in [0.5, 0.6) is 0 Å². The third kappa shape index (κ3) is 4.17. The van der Waals surface area contributed by atoms with Gasteiger partial charge in [0.2, 0.25) is 0 Å². The van der Waals surface area contributed by atoms with Crippen LogP contribution in [0, 0.1) is 0 Å². The number of alkyl halides is 3. The second kappa shape index (κ2) is 7.80. The number of fused-ring (bicyclic) bond motifs is 1. The number of H-pyrrole nitrogens is 1. The highest BCUT2D eigenvalue weighted by Crippen LogP contribution is 2.30. The standard InChI is InChI=1S/C18H15F3N2O2.ClH/c19-18(20,21)12-5-3-4-11(8-12)9-23-16(17(24)25)14-10-22-15-7-2-1-6-13(14)15;/h1-8,10,16,22-23H,9H2,(H,24,25);1H/p-1. The van der Waals surface area contributed by atoms with Crippen LogP contribution in [0.1, 0.15) is 22.7 Å². The molecular formula is C18H15ClF3N2O2-. The van der Waals surface area contributed by atoms with Crippen molar-refractivity contribution < 1.29 is 23.1 Å². The van der Waals surface area contributed by atoms with Crippen LogP contribution in [0.4, 0.5) is 13.2 Å². The van der Waals surface area contributed by atoms with Gasteiger partial charge in [-0.2, -0.15) is 13.2 Å². The van der Waals surface area contributed by atoms with Gasteiger partial charge in [-0.05, 0) is 17.7 Å². The Morgan fingerprint density at radius 2 is 1.88 bits per heavy atom. The molecule has 0 bridgehead atoms. The average molecular weight is 384 g/mol. The second-order valence-electron chi connectivity index (χ2n) is 5.62. The number of nitrogens with one attached hydrogen (secondary N) is 2. The Morgan fingerprint density at radius 1 is 1.15 bits per heavy atom. The molecule has 2 aromatic carbocycles. The van der Waals surface area contributed by atoms with Crippen molar-refractivity contribution in [2.24, 2.45) is 0 Å². The molecule has 1 atom stereocenters. The minimum Gasteiger partial charge on any atom is -0.548 e. The van der Waals surface area contributed by atoms with E-state index in [4.69, 9.17) is 0 Å². The lowest BCUT2D eigenvalue weighted by atomic mass is 10.0. The number of hydrogen-bond acceptors (Lipinski definition) is 3. The van der Waals surface area contributed by atoms with Crippen molar-refractivity contribution >= 4 is 29.3 Å². The number of benzene rings is 2. The van der Waals surface area contributed by atoms with Gasteiger partial charge in [-0.25, -0.2) is 0 Å².